The Bertz CT molecular complexity index is 902. The third kappa shape index (κ3) is 4.52. The molecule has 154 valence electrons. The smallest absolute Gasteiger partial charge is 0.322 e. The molecule has 2 heterocycles. The van der Waals surface area contributed by atoms with Gasteiger partial charge in [-0.05, 0) is 37.1 Å². The van der Waals surface area contributed by atoms with Crippen LogP contribution in [0, 0.1) is 0 Å². The molecular formula is C21H27N5O3. The predicted octanol–water partition coefficient (Wildman–Crippen LogP) is 2.23. The fourth-order valence-corrected chi connectivity index (χ4v) is 3.68. The van der Waals surface area contributed by atoms with Gasteiger partial charge in [0.25, 0.3) is 0 Å². The molecule has 1 saturated carbocycles. The number of urea groups is 1. The van der Waals surface area contributed by atoms with Gasteiger partial charge in [-0.3, -0.25) is 9.48 Å². The van der Waals surface area contributed by atoms with Gasteiger partial charge in [-0.2, -0.15) is 5.10 Å². The van der Waals surface area contributed by atoms with Crippen molar-refractivity contribution in [3.05, 3.63) is 41.2 Å². The van der Waals surface area contributed by atoms with Crippen molar-refractivity contribution < 1.29 is 14.3 Å². The maximum absolute atomic E-state index is 12.7. The maximum Gasteiger partial charge on any atom is 0.322 e. The van der Waals surface area contributed by atoms with Crippen LogP contribution in [0.15, 0.2) is 24.3 Å². The molecule has 0 bridgehead atoms. The molecular weight excluding hydrogens is 370 g/mol. The second kappa shape index (κ2) is 8.14. The molecule has 1 fully saturated rings. The van der Waals surface area contributed by atoms with Crippen LogP contribution in [0.2, 0.25) is 0 Å². The number of ether oxygens (including phenoxy) is 1. The Labute approximate surface area is 170 Å². The number of nitrogens with zero attached hydrogens (tertiary/aromatic N) is 3. The van der Waals surface area contributed by atoms with Crippen LogP contribution in [0.4, 0.5) is 10.5 Å². The van der Waals surface area contributed by atoms with Gasteiger partial charge in [0, 0.05) is 55.8 Å². The average Bonchev–Trinajstić information content (AvgIpc) is 3.49. The second-order valence-corrected chi connectivity index (χ2v) is 7.67. The standard InChI is InChI=1S/C21H27N5O3/c1-25-19-11-12-26(21(28)23-15-5-7-16(29-2)8-6-15)13-17(19)18(24-25)9-10-20(27)22-14-3-4-14/h5-8,14H,3-4,9-13H2,1-2H3,(H,22,27)(H,23,28). The number of benzene rings is 1. The van der Waals surface area contributed by atoms with Gasteiger partial charge >= 0.3 is 6.03 Å². The maximum atomic E-state index is 12.7. The Kier molecular flexibility index (Phi) is 5.42. The highest BCUT2D eigenvalue weighted by molar-refractivity contribution is 5.89. The molecule has 2 aliphatic rings. The largest absolute Gasteiger partial charge is 0.497 e. The van der Waals surface area contributed by atoms with E-state index in [1.165, 1.54) is 0 Å². The van der Waals surface area contributed by atoms with Crippen molar-refractivity contribution >= 4 is 17.6 Å². The molecule has 2 N–H and O–H groups in total. The first-order valence-corrected chi connectivity index (χ1v) is 10.1. The molecule has 1 aliphatic heterocycles. The first kappa shape index (κ1) is 19.3. The Morgan fingerprint density at radius 2 is 2.00 bits per heavy atom. The number of nitrogens with one attached hydrogen (secondary N) is 2. The predicted molar refractivity (Wildman–Crippen MR) is 109 cm³/mol. The van der Waals surface area contributed by atoms with E-state index >= 15 is 0 Å². The quantitative estimate of drug-likeness (QED) is 0.782. The van der Waals surface area contributed by atoms with Crippen LogP contribution in [-0.2, 0) is 31.2 Å². The van der Waals surface area contributed by atoms with Crippen LogP contribution in [0.25, 0.3) is 0 Å². The van der Waals surface area contributed by atoms with Gasteiger partial charge in [0.1, 0.15) is 5.75 Å². The van der Waals surface area contributed by atoms with Crippen LogP contribution < -0.4 is 15.4 Å². The number of carbonyl (C=O) groups excluding carboxylic acids is 2. The Hall–Kier alpha value is -3.03. The minimum absolute atomic E-state index is 0.0804. The molecule has 1 aromatic heterocycles. The summed E-state index contributed by atoms with van der Waals surface area (Å²) in [7, 11) is 3.54. The molecule has 0 saturated heterocycles. The lowest BCUT2D eigenvalue weighted by atomic mass is 10.0. The zero-order chi connectivity index (χ0) is 20.4. The average molecular weight is 397 g/mol. The fraction of sp³-hybridized carbons (Fsp3) is 0.476. The molecule has 0 atom stereocenters. The molecule has 8 heteroatoms. The third-order valence-electron chi connectivity index (χ3n) is 5.49. The van der Waals surface area contributed by atoms with Crippen LogP contribution >= 0.6 is 0 Å². The molecule has 4 rings (SSSR count). The molecule has 0 unspecified atom stereocenters. The molecule has 29 heavy (non-hydrogen) atoms. The van der Waals surface area contributed by atoms with Crippen molar-refractivity contribution in [1.82, 2.24) is 20.0 Å². The number of methoxy groups -OCH3 is 1. The Morgan fingerprint density at radius 1 is 1.24 bits per heavy atom. The molecule has 2 aromatic rings. The summed E-state index contributed by atoms with van der Waals surface area (Å²) in [4.78, 5) is 26.6. The highest BCUT2D eigenvalue weighted by Crippen LogP contribution is 2.25. The minimum Gasteiger partial charge on any atom is -0.497 e. The van der Waals surface area contributed by atoms with E-state index in [1.54, 1.807) is 12.0 Å². The zero-order valence-electron chi connectivity index (χ0n) is 16.9. The minimum atomic E-state index is -0.137. The summed E-state index contributed by atoms with van der Waals surface area (Å²) >= 11 is 0. The van der Waals surface area contributed by atoms with E-state index in [-0.39, 0.29) is 11.9 Å². The van der Waals surface area contributed by atoms with Gasteiger partial charge < -0.3 is 20.3 Å². The van der Waals surface area contributed by atoms with Gasteiger partial charge in [-0.25, -0.2) is 4.79 Å². The normalized spacial score (nSPS) is 15.6. The number of amides is 3. The second-order valence-electron chi connectivity index (χ2n) is 7.67. The summed E-state index contributed by atoms with van der Waals surface area (Å²) in [5, 5.41) is 10.6. The van der Waals surface area contributed by atoms with Crippen LogP contribution in [0.3, 0.4) is 0 Å². The summed E-state index contributed by atoms with van der Waals surface area (Å²) in [5.74, 6) is 0.827. The van der Waals surface area contributed by atoms with E-state index in [4.69, 9.17) is 4.74 Å². The number of carbonyl (C=O) groups is 2. The Balaban J connectivity index is 1.39. The van der Waals surface area contributed by atoms with Crippen molar-refractivity contribution in [2.75, 3.05) is 19.0 Å². The number of rotatable bonds is 6. The summed E-state index contributed by atoms with van der Waals surface area (Å²) in [6, 6.07) is 7.51. The number of hydrogen-bond donors (Lipinski definition) is 2. The van der Waals surface area contributed by atoms with Crippen LogP contribution in [0.5, 0.6) is 5.75 Å². The monoisotopic (exact) mass is 397 g/mol. The number of anilines is 1. The summed E-state index contributed by atoms with van der Waals surface area (Å²) in [6.07, 6.45) is 3.95. The number of aromatic nitrogens is 2. The summed E-state index contributed by atoms with van der Waals surface area (Å²) in [6.45, 7) is 1.14. The summed E-state index contributed by atoms with van der Waals surface area (Å²) < 4.78 is 7.04. The Morgan fingerprint density at radius 3 is 2.69 bits per heavy atom. The van der Waals surface area contributed by atoms with Crippen molar-refractivity contribution in [3.63, 3.8) is 0 Å². The van der Waals surface area contributed by atoms with E-state index in [0.717, 1.165) is 47.7 Å². The molecule has 1 aliphatic carbocycles. The molecule has 0 spiro atoms. The lowest BCUT2D eigenvalue weighted by molar-refractivity contribution is -0.121. The highest BCUT2D eigenvalue weighted by atomic mass is 16.5. The lowest BCUT2D eigenvalue weighted by Crippen LogP contribution is -2.39. The van der Waals surface area contributed by atoms with Gasteiger partial charge in [-0.15, -0.1) is 0 Å². The fourth-order valence-electron chi connectivity index (χ4n) is 3.68. The van der Waals surface area contributed by atoms with Crippen LogP contribution in [-0.4, -0.2) is 46.3 Å². The van der Waals surface area contributed by atoms with Gasteiger partial charge in [-0.1, -0.05) is 0 Å². The molecule has 8 nitrogen and oxygen atoms in total. The van der Waals surface area contributed by atoms with Crippen molar-refractivity contribution in [2.24, 2.45) is 7.05 Å². The van der Waals surface area contributed by atoms with Crippen molar-refractivity contribution in [1.29, 1.82) is 0 Å². The van der Waals surface area contributed by atoms with E-state index in [2.05, 4.69) is 15.7 Å². The van der Waals surface area contributed by atoms with E-state index in [0.29, 0.717) is 32.0 Å². The lowest BCUT2D eigenvalue weighted by Gasteiger charge is -2.28. The highest BCUT2D eigenvalue weighted by Gasteiger charge is 2.27. The third-order valence-corrected chi connectivity index (χ3v) is 5.49. The van der Waals surface area contributed by atoms with Crippen molar-refractivity contribution in [2.45, 2.75) is 44.7 Å². The van der Waals surface area contributed by atoms with E-state index in [1.807, 2.05) is 36.0 Å². The SMILES string of the molecule is COc1ccc(NC(=O)N2CCc3c(c(CCC(=O)NC4CC4)nn3C)C2)cc1. The van der Waals surface area contributed by atoms with Crippen molar-refractivity contribution in [3.8, 4) is 5.75 Å². The zero-order valence-corrected chi connectivity index (χ0v) is 16.9. The first-order chi connectivity index (χ1) is 14.0. The molecule has 3 amide bonds. The first-order valence-electron chi connectivity index (χ1n) is 10.1. The topological polar surface area (TPSA) is 88.5 Å². The number of aryl methyl sites for hydroxylation is 2. The molecule has 1 aromatic carbocycles. The van der Waals surface area contributed by atoms with Gasteiger partial charge in [0.15, 0.2) is 0 Å². The van der Waals surface area contributed by atoms with E-state index in [9.17, 15) is 9.59 Å². The van der Waals surface area contributed by atoms with Gasteiger partial charge in [0.05, 0.1) is 19.3 Å². The number of fused-ring (bicyclic) bond motifs is 1. The van der Waals surface area contributed by atoms with Crippen LogP contribution in [0.1, 0.15) is 36.2 Å². The molecule has 0 radical (unpaired) electrons. The number of hydrogen-bond acceptors (Lipinski definition) is 4. The summed E-state index contributed by atoms with van der Waals surface area (Å²) in [5.41, 5.74) is 3.86. The van der Waals surface area contributed by atoms with E-state index < -0.39 is 0 Å². The van der Waals surface area contributed by atoms with Gasteiger partial charge in [0.2, 0.25) is 5.91 Å².